The molecule has 0 bridgehead atoms. The van der Waals surface area contributed by atoms with Crippen molar-refractivity contribution in [3.05, 3.63) is 64.7 Å². The fourth-order valence-corrected chi connectivity index (χ4v) is 3.38. The summed E-state index contributed by atoms with van der Waals surface area (Å²) in [6.45, 7) is 1.92. The Kier molecular flexibility index (Phi) is 3.99. The summed E-state index contributed by atoms with van der Waals surface area (Å²) in [6.07, 6.45) is 5.07. The molecule has 3 rings (SSSR count). The quantitative estimate of drug-likeness (QED) is 0.673. The molecule has 2 aromatic rings. The number of aromatic nitrogens is 1. The van der Waals surface area contributed by atoms with E-state index in [1.165, 1.54) is 11.6 Å². The zero-order valence-corrected chi connectivity index (χ0v) is 12.1. The van der Waals surface area contributed by atoms with E-state index in [1.807, 2.05) is 25.3 Å². The lowest BCUT2D eigenvalue weighted by atomic mass is 9.79. The summed E-state index contributed by atoms with van der Waals surface area (Å²) >= 11 is 0. The van der Waals surface area contributed by atoms with Crippen LogP contribution in [0, 0.1) is 12.7 Å². The Morgan fingerprint density at radius 1 is 1.38 bits per heavy atom. The largest absolute Gasteiger partial charge is 0.271 e. The Bertz CT molecular complexity index is 642. The summed E-state index contributed by atoms with van der Waals surface area (Å²) in [6, 6.07) is 8.96. The molecule has 110 valence electrons. The molecule has 1 aromatic heterocycles. The lowest BCUT2D eigenvalue weighted by Gasteiger charge is -2.32. The molecule has 1 heterocycles. The molecule has 0 radical (unpaired) electrons. The van der Waals surface area contributed by atoms with Gasteiger partial charge in [-0.05, 0) is 61.1 Å². The van der Waals surface area contributed by atoms with Crippen LogP contribution in [-0.4, -0.2) is 4.98 Å². The van der Waals surface area contributed by atoms with Crippen molar-refractivity contribution in [2.75, 3.05) is 0 Å². The highest BCUT2D eigenvalue weighted by Gasteiger charge is 2.30. The number of halogens is 1. The lowest BCUT2D eigenvalue weighted by molar-refractivity contribution is 0.398. The van der Waals surface area contributed by atoms with Gasteiger partial charge in [0.25, 0.3) is 0 Å². The van der Waals surface area contributed by atoms with Gasteiger partial charge in [-0.25, -0.2) is 4.39 Å². The summed E-state index contributed by atoms with van der Waals surface area (Å²) in [5.41, 5.74) is 7.31. The van der Waals surface area contributed by atoms with Crippen LogP contribution in [0.15, 0.2) is 36.5 Å². The van der Waals surface area contributed by atoms with Gasteiger partial charge in [0.2, 0.25) is 0 Å². The average Bonchev–Trinajstić information content (AvgIpc) is 2.50. The molecule has 0 amide bonds. The van der Waals surface area contributed by atoms with E-state index in [0.717, 1.165) is 36.1 Å². The van der Waals surface area contributed by atoms with Gasteiger partial charge in [-0.3, -0.25) is 16.3 Å². The molecule has 4 heteroatoms. The van der Waals surface area contributed by atoms with E-state index in [4.69, 9.17) is 5.84 Å². The van der Waals surface area contributed by atoms with Gasteiger partial charge < -0.3 is 0 Å². The number of hydrazine groups is 1. The highest BCUT2D eigenvalue weighted by atomic mass is 19.1. The first-order valence-corrected chi connectivity index (χ1v) is 7.36. The second-order valence-corrected chi connectivity index (χ2v) is 5.69. The summed E-state index contributed by atoms with van der Waals surface area (Å²) < 4.78 is 13.3. The number of aryl methyl sites for hydroxylation is 2. The van der Waals surface area contributed by atoms with E-state index >= 15 is 0 Å². The van der Waals surface area contributed by atoms with E-state index in [2.05, 4.69) is 16.5 Å². The van der Waals surface area contributed by atoms with Gasteiger partial charge in [0.15, 0.2) is 0 Å². The van der Waals surface area contributed by atoms with Gasteiger partial charge in [-0.15, -0.1) is 0 Å². The van der Waals surface area contributed by atoms with Crippen LogP contribution in [0.4, 0.5) is 4.39 Å². The molecule has 2 unspecified atom stereocenters. The fraction of sp³-hybridized carbons (Fsp3) is 0.353. The van der Waals surface area contributed by atoms with Gasteiger partial charge in [0.05, 0.1) is 6.04 Å². The predicted octanol–water partition coefficient (Wildman–Crippen LogP) is 3.15. The summed E-state index contributed by atoms with van der Waals surface area (Å²) in [5, 5.41) is 0. The van der Waals surface area contributed by atoms with Gasteiger partial charge in [-0.1, -0.05) is 12.1 Å². The standard InChI is InChI=1S/C17H20FN3/c1-11-10-13(18)7-8-14(11)17(21-19)15-6-2-4-12-5-3-9-20-16(12)15/h3,5,7-10,15,17,21H,2,4,6,19H2,1H3. The highest BCUT2D eigenvalue weighted by molar-refractivity contribution is 5.35. The van der Waals surface area contributed by atoms with Crippen molar-refractivity contribution in [1.29, 1.82) is 0 Å². The maximum Gasteiger partial charge on any atom is 0.123 e. The molecule has 1 aliphatic carbocycles. The average molecular weight is 285 g/mol. The maximum atomic E-state index is 13.3. The molecular formula is C17H20FN3. The Balaban J connectivity index is 2.01. The molecule has 1 aromatic carbocycles. The zero-order valence-electron chi connectivity index (χ0n) is 12.1. The third kappa shape index (κ3) is 2.69. The smallest absolute Gasteiger partial charge is 0.123 e. The van der Waals surface area contributed by atoms with Crippen LogP contribution in [0.1, 0.15) is 47.2 Å². The van der Waals surface area contributed by atoms with Gasteiger partial charge in [0.1, 0.15) is 5.82 Å². The first kappa shape index (κ1) is 14.2. The van der Waals surface area contributed by atoms with Crippen LogP contribution in [0.3, 0.4) is 0 Å². The molecule has 0 spiro atoms. The fourth-order valence-electron chi connectivity index (χ4n) is 3.38. The van der Waals surface area contributed by atoms with E-state index in [0.29, 0.717) is 0 Å². The van der Waals surface area contributed by atoms with Crippen molar-refractivity contribution in [2.45, 2.75) is 38.1 Å². The third-order valence-corrected chi connectivity index (χ3v) is 4.39. The molecule has 3 nitrogen and oxygen atoms in total. The van der Waals surface area contributed by atoms with E-state index in [-0.39, 0.29) is 17.8 Å². The Labute approximate surface area is 124 Å². The maximum absolute atomic E-state index is 13.3. The summed E-state index contributed by atoms with van der Waals surface area (Å²) in [7, 11) is 0. The van der Waals surface area contributed by atoms with Gasteiger partial charge >= 0.3 is 0 Å². The topological polar surface area (TPSA) is 50.9 Å². The first-order valence-electron chi connectivity index (χ1n) is 7.36. The van der Waals surface area contributed by atoms with Crippen LogP contribution in [0.25, 0.3) is 0 Å². The van der Waals surface area contributed by atoms with Crippen molar-refractivity contribution >= 4 is 0 Å². The number of benzene rings is 1. The van der Waals surface area contributed by atoms with Crippen LogP contribution in [0.2, 0.25) is 0 Å². The number of fused-ring (bicyclic) bond motifs is 1. The van der Waals surface area contributed by atoms with Gasteiger partial charge in [-0.2, -0.15) is 0 Å². The first-order chi connectivity index (χ1) is 10.2. The van der Waals surface area contributed by atoms with Crippen molar-refractivity contribution in [1.82, 2.24) is 10.4 Å². The molecule has 21 heavy (non-hydrogen) atoms. The van der Waals surface area contributed by atoms with Crippen LogP contribution < -0.4 is 11.3 Å². The van der Waals surface area contributed by atoms with Crippen molar-refractivity contribution < 1.29 is 4.39 Å². The minimum Gasteiger partial charge on any atom is -0.271 e. The molecule has 0 aliphatic heterocycles. The van der Waals surface area contributed by atoms with E-state index in [1.54, 1.807) is 6.07 Å². The normalized spacial score (nSPS) is 19.1. The Hall–Kier alpha value is -1.78. The number of pyridine rings is 1. The molecule has 1 aliphatic rings. The van der Waals surface area contributed by atoms with Crippen LogP contribution in [-0.2, 0) is 6.42 Å². The van der Waals surface area contributed by atoms with Crippen LogP contribution in [0.5, 0.6) is 0 Å². The van der Waals surface area contributed by atoms with Crippen molar-refractivity contribution in [3.63, 3.8) is 0 Å². The molecule has 3 N–H and O–H groups in total. The SMILES string of the molecule is Cc1cc(F)ccc1C(NN)C1CCCc2cccnc21. The Morgan fingerprint density at radius 2 is 2.24 bits per heavy atom. The monoisotopic (exact) mass is 285 g/mol. The number of nitrogens with zero attached hydrogens (tertiary/aromatic N) is 1. The summed E-state index contributed by atoms with van der Waals surface area (Å²) in [5.74, 6) is 5.84. The lowest BCUT2D eigenvalue weighted by Crippen LogP contribution is -2.35. The van der Waals surface area contributed by atoms with Gasteiger partial charge in [0, 0.05) is 17.8 Å². The minimum atomic E-state index is -0.214. The predicted molar refractivity (Wildman–Crippen MR) is 81.1 cm³/mol. The third-order valence-electron chi connectivity index (χ3n) is 4.39. The Morgan fingerprint density at radius 3 is 3.00 bits per heavy atom. The number of rotatable bonds is 3. The van der Waals surface area contributed by atoms with Crippen molar-refractivity contribution in [3.8, 4) is 0 Å². The van der Waals surface area contributed by atoms with Crippen LogP contribution >= 0.6 is 0 Å². The minimum absolute atomic E-state index is 0.0421. The zero-order chi connectivity index (χ0) is 14.8. The molecule has 0 saturated heterocycles. The molecule has 2 atom stereocenters. The van der Waals surface area contributed by atoms with E-state index in [9.17, 15) is 4.39 Å². The number of nitrogens with two attached hydrogens (primary N) is 1. The summed E-state index contributed by atoms with van der Waals surface area (Å²) in [4.78, 5) is 4.57. The molecule has 0 saturated carbocycles. The molecular weight excluding hydrogens is 265 g/mol. The highest BCUT2D eigenvalue weighted by Crippen LogP contribution is 2.39. The number of hydrogen-bond acceptors (Lipinski definition) is 3. The van der Waals surface area contributed by atoms with Crippen molar-refractivity contribution in [2.24, 2.45) is 5.84 Å². The second-order valence-electron chi connectivity index (χ2n) is 5.69. The van der Waals surface area contributed by atoms with E-state index < -0.39 is 0 Å². The number of hydrogen-bond donors (Lipinski definition) is 2. The second kappa shape index (κ2) is 5.92. The number of nitrogens with one attached hydrogen (secondary N) is 1. The molecule has 0 fully saturated rings.